The summed E-state index contributed by atoms with van der Waals surface area (Å²) in [4.78, 5) is 1.30. The SMILES string of the molecule is CC1CC(CCl)(Cc2sccc2Cl)C1. The first-order valence-corrected chi connectivity index (χ1v) is 6.72. The number of hydrogen-bond donors (Lipinski definition) is 0. The minimum absolute atomic E-state index is 0.343. The maximum absolute atomic E-state index is 6.09. The Morgan fingerprint density at radius 2 is 2.29 bits per heavy atom. The second kappa shape index (κ2) is 4.03. The van der Waals surface area contributed by atoms with Crippen molar-refractivity contribution >= 4 is 34.5 Å². The van der Waals surface area contributed by atoms with Gasteiger partial charge in [-0.1, -0.05) is 18.5 Å². The topological polar surface area (TPSA) is 0 Å². The van der Waals surface area contributed by atoms with E-state index in [0.29, 0.717) is 5.41 Å². The van der Waals surface area contributed by atoms with Gasteiger partial charge in [-0.25, -0.2) is 0 Å². The van der Waals surface area contributed by atoms with E-state index in [4.69, 9.17) is 23.2 Å². The second-order valence-corrected chi connectivity index (χ2v) is 6.19. The van der Waals surface area contributed by atoms with Gasteiger partial charge in [0.1, 0.15) is 0 Å². The third-order valence-corrected chi connectivity index (χ3v) is 5.03. The van der Waals surface area contributed by atoms with Crippen LogP contribution < -0.4 is 0 Å². The lowest BCUT2D eigenvalue weighted by atomic mass is 9.62. The highest BCUT2D eigenvalue weighted by molar-refractivity contribution is 7.10. The van der Waals surface area contributed by atoms with Gasteiger partial charge in [-0.2, -0.15) is 0 Å². The molecule has 0 spiro atoms. The van der Waals surface area contributed by atoms with Crippen LogP contribution in [0.15, 0.2) is 11.4 Å². The van der Waals surface area contributed by atoms with E-state index in [0.717, 1.165) is 23.2 Å². The van der Waals surface area contributed by atoms with Crippen LogP contribution in [0.25, 0.3) is 0 Å². The van der Waals surface area contributed by atoms with Crippen LogP contribution in [0.4, 0.5) is 0 Å². The van der Waals surface area contributed by atoms with Crippen molar-refractivity contribution in [2.24, 2.45) is 11.3 Å². The van der Waals surface area contributed by atoms with Crippen LogP contribution in [-0.4, -0.2) is 5.88 Å². The van der Waals surface area contributed by atoms with Gasteiger partial charge in [-0.15, -0.1) is 22.9 Å². The van der Waals surface area contributed by atoms with Gasteiger partial charge in [0.05, 0.1) is 5.02 Å². The lowest BCUT2D eigenvalue weighted by Crippen LogP contribution is -2.39. The molecule has 0 aliphatic heterocycles. The van der Waals surface area contributed by atoms with Crippen LogP contribution in [0.1, 0.15) is 24.6 Å². The molecule has 0 amide bonds. The summed E-state index contributed by atoms with van der Waals surface area (Å²) in [5.41, 5.74) is 0.343. The van der Waals surface area contributed by atoms with Gasteiger partial charge >= 0.3 is 0 Å². The molecule has 0 saturated heterocycles. The molecule has 0 bridgehead atoms. The van der Waals surface area contributed by atoms with Crippen molar-refractivity contribution in [2.75, 3.05) is 5.88 Å². The molecule has 1 fully saturated rings. The summed E-state index contributed by atoms with van der Waals surface area (Å²) < 4.78 is 0. The van der Waals surface area contributed by atoms with Crippen molar-refractivity contribution in [3.8, 4) is 0 Å². The van der Waals surface area contributed by atoms with E-state index in [1.165, 1.54) is 17.7 Å². The highest BCUT2D eigenvalue weighted by Crippen LogP contribution is 2.49. The Kier molecular flexibility index (Phi) is 3.11. The van der Waals surface area contributed by atoms with Crippen LogP contribution in [0.3, 0.4) is 0 Å². The summed E-state index contributed by atoms with van der Waals surface area (Å²) in [6.45, 7) is 2.29. The van der Waals surface area contributed by atoms with E-state index in [9.17, 15) is 0 Å². The molecule has 0 unspecified atom stereocenters. The molecule has 0 radical (unpaired) electrons. The van der Waals surface area contributed by atoms with Gasteiger partial charge in [0.2, 0.25) is 0 Å². The number of halogens is 2. The molecule has 1 saturated carbocycles. The van der Waals surface area contributed by atoms with Crippen LogP contribution in [0.2, 0.25) is 5.02 Å². The van der Waals surface area contributed by atoms with Crippen molar-refractivity contribution < 1.29 is 0 Å². The molecular weight excluding hydrogens is 235 g/mol. The number of alkyl halides is 1. The first-order chi connectivity index (χ1) is 6.65. The van der Waals surface area contributed by atoms with E-state index >= 15 is 0 Å². The fraction of sp³-hybridized carbons (Fsp3) is 0.636. The predicted octanol–water partition coefficient (Wildman–Crippen LogP) is 4.60. The molecule has 1 heterocycles. The quantitative estimate of drug-likeness (QED) is 0.687. The Bertz CT molecular complexity index is 313. The van der Waals surface area contributed by atoms with E-state index in [1.807, 2.05) is 6.07 Å². The van der Waals surface area contributed by atoms with Crippen LogP contribution in [0, 0.1) is 11.3 Å². The normalized spacial score (nSPS) is 31.5. The Morgan fingerprint density at radius 1 is 1.57 bits per heavy atom. The van der Waals surface area contributed by atoms with Crippen molar-refractivity contribution in [2.45, 2.75) is 26.2 Å². The second-order valence-electron chi connectivity index (χ2n) is 4.52. The molecule has 0 nitrogen and oxygen atoms in total. The van der Waals surface area contributed by atoms with Gasteiger partial charge in [-0.3, -0.25) is 0 Å². The monoisotopic (exact) mass is 248 g/mol. The number of rotatable bonds is 3. The Labute approximate surface area is 99.2 Å². The van der Waals surface area contributed by atoms with Crippen LogP contribution >= 0.6 is 34.5 Å². The third kappa shape index (κ3) is 1.95. The molecule has 1 aromatic heterocycles. The number of thiophene rings is 1. The van der Waals surface area contributed by atoms with Gasteiger partial charge in [-0.05, 0) is 42.0 Å². The van der Waals surface area contributed by atoms with Gasteiger partial charge in [0.25, 0.3) is 0 Å². The molecule has 78 valence electrons. The Morgan fingerprint density at radius 3 is 2.71 bits per heavy atom. The zero-order valence-corrected chi connectivity index (χ0v) is 10.6. The minimum atomic E-state index is 0.343. The molecule has 3 heteroatoms. The zero-order valence-electron chi connectivity index (χ0n) is 8.22. The summed E-state index contributed by atoms with van der Waals surface area (Å²) in [6.07, 6.45) is 3.58. The molecule has 0 atom stereocenters. The van der Waals surface area contributed by atoms with E-state index in [2.05, 4.69) is 12.3 Å². The average Bonchev–Trinajstić information content (AvgIpc) is 2.48. The average molecular weight is 249 g/mol. The Hall–Kier alpha value is 0.280. The molecular formula is C11H14Cl2S. The maximum atomic E-state index is 6.09. The van der Waals surface area contributed by atoms with E-state index in [1.54, 1.807) is 11.3 Å². The van der Waals surface area contributed by atoms with Crippen LogP contribution in [0.5, 0.6) is 0 Å². The first kappa shape index (κ1) is 10.8. The van der Waals surface area contributed by atoms with Crippen LogP contribution in [-0.2, 0) is 6.42 Å². The van der Waals surface area contributed by atoms with Crippen molar-refractivity contribution in [3.05, 3.63) is 21.3 Å². The molecule has 1 aliphatic carbocycles. The summed E-state index contributed by atoms with van der Waals surface area (Å²) in [6, 6.07) is 1.98. The van der Waals surface area contributed by atoms with Crippen molar-refractivity contribution in [1.82, 2.24) is 0 Å². The summed E-state index contributed by atoms with van der Waals surface area (Å²) in [5.74, 6) is 1.61. The minimum Gasteiger partial charge on any atom is -0.147 e. The largest absolute Gasteiger partial charge is 0.147 e. The van der Waals surface area contributed by atoms with Crippen molar-refractivity contribution in [1.29, 1.82) is 0 Å². The lowest BCUT2D eigenvalue weighted by molar-refractivity contribution is 0.0935. The van der Waals surface area contributed by atoms with E-state index < -0.39 is 0 Å². The predicted molar refractivity (Wildman–Crippen MR) is 64.6 cm³/mol. The molecule has 2 rings (SSSR count). The van der Waals surface area contributed by atoms with Gasteiger partial charge in [0, 0.05) is 10.8 Å². The molecule has 0 aromatic carbocycles. The lowest BCUT2D eigenvalue weighted by Gasteiger charge is -2.45. The standard InChI is InChI=1S/C11H14Cl2S/c1-8-4-11(5-8,7-12)6-10-9(13)2-3-14-10/h2-3,8H,4-7H2,1H3. The van der Waals surface area contributed by atoms with Gasteiger partial charge in [0.15, 0.2) is 0 Å². The third-order valence-electron chi connectivity index (χ3n) is 3.07. The molecule has 14 heavy (non-hydrogen) atoms. The van der Waals surface area contributed by atoms with Crippen molar-refractivity contribution in [3.63, 3.8) is 0 Å². The first-order valence-electron chi connectivity index (χ1n) is 4.93. The smallest absolute Gasteiger partial charge is 0.0545 e. The highest BCUT2D eigenvalue weighted by atomic mass is 35.5. The molecule has 0 N–H and O–H groups in total. The summed E-state index contributed by atoms with van der Waals surface area (Å²) >= 11 is 13.9. The zero-order chi connectivity index (χ0) is 10.2. The van der Waals surface area contributed by atoms with E-state index in [-0.39, 0.29) is 0 Å². The fourth-order valence-electron chi connectivity index (χ4n) is 2.51. The molecule has 1 aromatic rings. The molecule has 1 aliphatic rings. The van der Waals surface area contributed by atoms with Gasteiger partial charge < -0.3 is 0 Å². The highest BCUT2D eigenvalue weighted by Gasteiger charge is 2.41. The maximum Gasteiger partial charge on any atom is 0.0545 e. The number of hydrogen-bond acceptors (Lipinski definition) is 1. The Balaban J connectivity index is 2.06. The summed E-state index contributed by atoms with van der Waals surface area (Å²) in [5, 5.41) is 2.97. The fourth-order valence-corrected chi connectivity index (χ4v) is 4.10. The summed E-state index contributed by atoms with van der Waals surface area (Å²) in [7, 11) is 0.